The average Bonchev–Trinajstić information content (AvgIpc) is 2.49. The van der Waals surface area contributed by atoms with Crippen LogP contribution in [0.1, 0.15) is 12.8 Å². The molecule has 1 heterocycles. The van der Waals surface area contributed by atoms with Crippen molar-refractivity contribution in [3.8, 4) is 0 Å². The fraction of sp³-hybridized carbons (Fsp3) is 0.429. The number of nitrogens with zero attached hydrogens (tertiary/aromatic N) is 1. The highest BCUT2D eigenvalue weighted by atomic mass is 35.5. The smallest absolute Gasteiger partial charge is 0.319 e. The number of urea groups is 1. The molecular formula is C14H17Cl2N3O2. The van der Waals surface area contributed by atoms with Crippen LogP contribution in [-0.2, 0) is 4.79 Å². The molecule has 7 heteroatoms. The zero-order chi connectivity index (χ0) is 15.2. The number of hydrogen-bond donors (Lipinski definition) is 2. The van der Waals surface area contributed by atoms with Crippen molar-refractivity contribution in [2.45, 2.75) is 18.9 Å². The number of hydrogen-bond acceptors (Lipinski definition) is 2. The maximum Gasteiger partial charge on any atom is 0.319 e. The summed E-state index contributed by atoms with van der Waals surface area (Å²) >= 11 is 11.3. The summed E-state index contributed by atoms with van der Waals surface area (Å²) in [6, 6.07) is 6.73. The molecule has 1 aliphatic heterocycles. The highest BCUT2D eigenvalue weighted by Gasteiger charge is 2.23. The molecule has 0 unspecified atom stereocenters. The van der Waals surface area contributed by atoms with Crippen LogP contribution < -0.4 is 10.6 Å². The zero-order valence-corrected chi connectivity index (χ0v) is 13.0. The van der Waals surface area contributed by atoms with E-state index in [0.717, 1.165) is 12.8 Å². The molecule has 0 spiro atoms. The topological polar surface area (TPSA) is 61.4 Å². The number of nitrogens with one attached hydrogen (secondary N) is 2. The molecule has 114 valence electrons. The standard InChI is InChI=1S/C14H17Cl2N3O2/c15-9-13(20)19-7-5-12(6-8-19)18-14(21)17-11-3-1-10(16)2-4-11/h1-4,12H,5-9H2,(H2,17,18,21). The van der Waals surface area contributed by atoms with Crippen LogP contribution >= 0.6 is 23.2 Å². The van der Waals surface area contributed by atoms with Crippen LogP contribution in [-0.4, -0.2) is 41.8 Å². The predicted octanol–water partition coefficient (Wildman–Crippen LogP) is 2.69. The molecule has 1 saturated heterocycles. The highest BCUT2D eigenvalue weighted by Crippen LogP contribution is 2.14. The van der Waals surface area contributed by atoms with Gasteiger partial charge >= 0.3 is 6.03 Å². The normalized spacial score (nSPS) is 15.6. The van der Waals surface area contributed by atoms with Gasteiger partial charge in [0.1, 0.15) is 5.88 Å². The fourth-order valence-electron chi connectivity index (χ4n) is 2.24. The highest BCUT2D eigenvalue weighted by molar-refractivity contribution is 6.30. The second-order valence-corrected chi connectivity index (χ2v) is 5.60. The van der Waals surface area contributed by atoms with Gasteiger partial charge in [-0.2, -0.15) is 0 Å². The van der Waals surface area contributed by atoms with Crippen molar-refractivity contribution in [2.24, 2.45) is 0 Å². The van der Waals surface area contributed by atoms with Gasteiger partial charge in [0.25, 0.3) is 0 Å². The largest absolute Gasteiger partial charge is 0.342 e. The lowest BCUT2D eigenvalue weighted by molar-refractivity contribution is -0.129. The van der Waals surface area contributed by atoms with Gasteiger partial charge in [-0.3, -0.25) is 4.79 Å². The van der Waals surface area contributed by atoms with Gasteiger partial charge in [0, 0.05) is 29.8 Å². The van der Waals surface area contributed by atoms with E-state index >= 15 is 0 Å². The lowest BCUT2D eigenvalue weighted by Crippen LogP contribution is -2.47. The van der Waals surface area contributed by atoms with E-state index in [2.05, 4.69) is 10.6 Å². The summed E-state index contributed by atoms with van der Waals surface area (Å²) in [6.07, 6.45) is 1.47. The van der Waals surface area contributed by atoms with Crippen molar-refractivity contribution in [1.82, 2.24) is 10.2 Å². The van der Waals surface area contributed by atoms with Crippen LogP contribution in [0.3, 0.4) is 0 Å². The second kappa shape index (κ2) is 7.52. The van der Waals surface area contributed by atoms with E-state index in [4.69, 9.17) is 23.2 Å². The Labute approximate surface area is 133 Å². The zero-order valence-electron chi connectivity index (χ0n) is 11.4. The van der Waals surface area contributed by atoms with Crippen LogP contribution in [0.25, 0.3) is 0 Å². The molecule has 0 aliphatic carbocycles. The van der Waals surface area contributed by atoms with Gasteiger partial charge in [0.15, 0.2) is 0 Å². The molecule has 2 rings (SSSR count). The van der Waals surface area contributed by atoms with Crippen LogP contribution in [0.15, 0.2) is 24.3 Å². The first-order valence-corrected chi connectivity index (χ1v) is 7.66. The number of likely N-dealkylation sites (tertiary alicyclic amines) is 1. The number of piperidine rings is 1. The van der Waals surface area contributed by atoms with Crippen molar-refractivity contribution < 1.29 is 9.59 Å². The Morgan fingerprint density at radius 3 is 2.38 bits per heavy atom. The second-order valence-electron chi connectivity index (χ2n) is 4.89. The Hall–Kier alpha value is -1.46. The van der Waals surface area contributed by atoms with Crippen LogP contribution in [0.4, 0.5) is 10.5 Å². The third kappa shape index (κ3) is 4.79. The Morgan fingerprint density at radius 1 is 1.19 bits per heavy atom. The Kier molecular flexibility index (Phi) is 5.70. The molecule has 0 bridgehead atoms. The summed E-state index contributed by atoms with van der Waals surface area (Å²) in [5, 5.41) is 6.28. The molecule has 1 aromatic carbocycles. The average molecular weight is 330 g/mol. The monoisotopic (exact) mass is 329 g/mol. The number of benzene rings is 1. The predicted molar refractivity (Wildman–Crippen MR) is 83.9 cm³/mol. The SMILES string of the molecule is O=C(Nc1ccc(Cl)cc1)NC1CCN(C(=O)CCl)CC1. The van der Waals surface area contributed by atoms with E-state index in [9.17, 15) is 9.59 Å². The first-order valence-electron chi connectivity index (χ1n) is 6.75. The molecule has 0 radical (unpaired) electrons. The van der Waals surface area contributed by atoms with E-state index in [1.54, 1.807) is 29.2 Å². The first-order chi connectivity index (χ1) is 10.1. The van der Waals surface area contributed by atoms with Crippen molar-refractivity contribution in [3.05, 3.63) is 29.3 Å². The Bertz CT molecular complexity index is 499. The minimum absolute atomic E-state index is 0.00908. The molecule has 5 nitrogen and oxygen atoms in total. The van der Waals surface area contributed by atoms with Gasteiger partial charge in [-0.05, 0) is 37.1 Å². The van der Waals surface area contributed by atoms with Gasteiger partial charge < -0.3 is 15.5 Å². The molecule has 1 aliphatic rings. The molecule has 2 N–H and O–H groups in total. The molecule has 0 atom stereocenters. The van der Waals surface area contributed by atoms with Gasteiger partial charge in [-0.1, -0.05) is 11.6 Å². The number of rotatable bonds is 3. The molecule has 0 aromatic heterocycles. The molecule has 21 heavy (non-hydrogen) atoms. The Morgan fingerprint density at radius 2 is 1.81 bits per heavy atom. The van der Waals surface area contributed by atoms with Crippen LogP contribution in [0.2, 0.25) is 5.02 Å². The summed E-state index contributed by atoms with van der Waals surface area (Å²) in [6.45, 7) is 1.24. The van der Waals surface area contributed by atoms with E-state index in [0.29, 0.717) is 23.8 Å². The van der Waals surface area contributed by atoms with E-state index in [-0.39, 0.29) is 23.9 Å². The summed E-state index contributed by atoms with van der Waals surface area (Å²) in [5.41, 5.74) is 0.687. The molecule has 1 aromatic rings. The minimum atomic E-state index is -0.251. The maximum atomic E-state index is 11.9. The molecule has 0 saturated carbocycles. The first kappa shape index (κ1) is 15.9. The van der Waals surface area contributed by atoms with Gasteiger partial charge in [0.05, 0.1) is 0 Å². The number of alkyl halides is 1. The van der Waals surface area contributed by atoms with E-state index in [1.807, 2.05) is 0 Å². The molecular weight excluding hydrogens is 313 g/mol. The number of anilines is 1. The van der Waals surface area contributed by atoms with E-state index < -0.39 is 0 Å². The maximum absolute atomic E-state index is 11.9. The molecule has 1 fully saturated rings. The van der Waals surface area contributed by atoms with Crippen LogP contribution in [0, 0.1) is 0 Å². The van der Waals surface area contributed by atoms with Crippen molar-refractivity contribution in [3.63, 3.8) is 0 Å². The third-order valence-corrected chi connectivity index (χ3v) is 3.88. The van der Waals surface area contributed by atoms with Gasteiger partial charge in [-0.25, -0.2) is 4.79 Å². The quantitative estimate of drug-likeness (QED) is 0.837. The van der Waals surface area contributed by atoms with Crippen LogP contribution in [0.5, 0.6) is 0 Å². The molecule has 3 amide bonds. The van der Waals surface area contributed by atoms with Gasteiger partial charge in [-0.15, -0.1) is 11.6 Å². The number of carbonyl (C=O) groups excluding carboxylic acids is 2. The summed E-state index contributed by atoms with van der Waals surface area (Å²) < 4.78 is 0. The lowest BCUT2D eigenvalue weighted by Gasteiger charge is -2.32. The summed E-state index contributed by atoms with van der Waals surface area (Å²) in [5.74, 6) is -0.0458. The number of amides is 3. The summed E-state index contributed by atoms with van der Waals surface area (Å²) in [4.78, 5) is 25.1. The number of halogens is 2. The van der Waals surface area contributed by atoms with Crippen molar-refractivity contribution in [2.75, 3.05) is 24.3 Å². The van der Waals surface area contributed by atoms with Crippen molar-refractivity contribution >= 4 is 40.8 Å². The van der Waals surface area contributed by atoms with Gasteiger partial charge in [0.2, 0.25) is 5.91 Å². The summed E-state index contributed by atoms with van der Waals surface area (Å²) in [7, 11) is 0. The fourth-order valence-corrected chi connectivity index (χ4v) is 2.54. The Balaban J connectivity index is 1.76. The number of carbonyl (C=O) groups is 2. The van der Waals surface area contributed by atoms with Crippen molar-refractivity contribution in [1.29, 1.82) is 0 Å². The van der Waals surface area contributed by atoms with E-state index in [1.165, 1.54) is 0 Å². The minimum Gasteiger partial charge on any atom is -0.342 e. The third-order valence-electron chi connectivity index (χ3n) is 3.40. The lowest BCUT2D eigenvalue weighted by atomic mass is 10.1.